The number of fused-ring (bicyclic) bond motifs is 1. The number of aromatic nitrogens is 2. The molecule has 5 rings (SSSR count). The van der Waals surface area contributed by atoms with Crippen LogP contribution in [0, 0.1) is 6.92 Å². The zero-order valence-electron chi connectivity index (χ0n) is 15.1. The Morgan fingerprint density at radius 2 is 1.77 bits per heavy atom. The molecule has 0 saturated carbocycles. The molecule has 2 saturated heterocycles. The molecular formula is C20H24N4O2. The number of anilines is 3. The molecule has 136 valence electrons. The lowest BCUT2D eigenvalue weighted by molar-refractivity contribution is -0.169. The van der Waals surface area contributed by atoms with E-state index in [2.05, 4.69) is 40.1 Å². The number of para-hydroxylation sites is 1. The Morgan fingerprint density at radius 1 is 1.00 bits per heavy atom. The van der Waals surface area contributed by atoms with Gasteiger partial charge in [-0.2, -0.15) is 4.98 Å². The average Bonchev–Trinajstić information content (AvgIpc) is 3.29. The summed E-state index contributed by atoms with van der Waals surface area (Å²) < 4.78 is 11.7. The highest BCUT2D eigenvalue weighted by Gasteiger charge is 2.40. The molecule has 1 aromatic heterocycles. The van der Waals surface area contributed by atoms with E-state index in [1.807, 2.05) is 6.92 Å². The fourth-order valence-corrected chi connectivity index (χ4v) is 4.23. The van der Waals surface area contributed by atoms with Crippen molar-refractivity contribution in [2.75, 3.05) is 42.6 Å². The molecule has 0 N–H and O–H groups in total. The lowest BCUT2D eigenvalue weighted by Gasteiger charge is -2.37. The number of piperidine rings is 1. The van der Waals surface area contributed by atoms with Crippen LogP contribution in [0.4, 0.5) is 17.5 Å². The molecule has 6 heteroatoms. The SMILES string of the molecule is Cc1cc(N2CCc3ccccc32)nc(N2CCC3(CC2)OCCO3)n1. The number of rotatable bonds is 2. The second kappa shape index (κ2) is 6.21. The summed E-state index contributed by atoms with van der Waals surface area (Å²) in [6.07, 6.45) is 2.80. The summed E-state index contributed by atoms with van der Waals surface area (Å²) in [6.45, 7) is 6.16. The van der Waals surface area contributed by atoms with Crippen molar-refractivity contribution in [3.63, 3.8) is 0 Å². The Morgan fingerprint density at radius 3 is 2.58 bits per heavy atom. The third kappa shape index (κ3) is 2.73. The van der Waals surface area contributed by atoms with Gasteiger partial charge in [0.05, 0.1) is 13.2 Å². The Balaban J connectivity index is 1.40. The number of hydrogen-bond donors (Lipinski definition) is 0. The Hall–Kier alpha value is -2.18. The van der Waals surface area contributed by atoms with Gasteiger partial charge in [0, 0.05) is 49.9 Å². The van der Waals surface area contributed by atoms with Gasteiger partial charge in [0.15, 0.2) is 5.79 Å². The number of ether oxygens (including phenoxy) is 2. The molecule has 6 nitrogen and oxygen atoms in total. The highest BCUT2D eigenvalue weighted by Crippen LogP contribution is 2.35. The second-order valence-corrected chi connectivity index (χ2v) is 7.29. The van der Waals surface area contributed by atoms with Crippen molar-refractivity contribution in [2.24, 2.45) is 0 Å². The van der Waals surface area contributed by atoms with E-state index in [1.165, 1.54) is 11.3 Å². The van der Waals surface area contributed by atoms with Crippen molar-refractivity contribution < 1.29 is 9.47 Å². The monoisotopic (exact) mass is 352 g/mol. The van der Waals surface area contributed by atoms with Gasteiger partial charge >= 0.3 is 0 Å². The minimum absolute atomic E-state index is 0.364. The molecule has 0 radical (unpaired) electrons. The van der Waals surface area contributed by atoms with Gasteiger partial charge in [-0.15, -0.1) is 0 Å². The van der Waals surface area contributed by atoms with Crippen molar-refractivity contribution in [1.29, 1.82) is 0 Å². The topological polar surface area (TPSA) is 50.7 Å². The van der Waals surface area contributed by atoms with Gasteiger partial charge in [0.1, 0.15) is 5.82 Å². The van der Waals surface area contributed by atoms with E-state index in [0.717, 1.165) is 56.4 Å². The maximum Gasteiger partial charge on any atom is 0.227 e. The van der Waals surface area contributed by atoms with E-state index in [1.54, 1.807) is 0 Å². The van der Waals surface area contributed by atoms with Crippen molar-refractivity contribution in [3.05, 3.63) is 41.6 Å². The van der Waals surface area contributed by atoms with Crippen molar-refractivity contribution in [3.8, 4) is 0 Å². The highest BCUT2D eigenvalue weighted by atomic mass is 16.7. The minimum atomic E-state index is -0.364. The van der Waals surface area contributed by atoms with Gasteiger partial charge < -0.3 is 19.3 Å². The van der Waals surface area contributed by atoms with E-state index in [0.29, 0.717) is 13.2 Å². The summed E-state index contributed by atoms with van der Waals surface area (Å²) in [7, 11) is 0. The molecule has 0 atom stereocenters. The van der Waals surface area contributed by atoms with Gasteiger partial charge in [-0.1, -0.05) is 18.2 Å². The van der Waals surface area contributed by atoms with Crippen LogP contribution < -0.4 is 9.80 Å². The van der Waals surface area contributed by atoms with Crippen LogP contribution in [-0.2, 0) is 15.9 Å². The Bertz CT molecular complexity index is 809. The second-order valence-electron chi connectivity index (χ2n) is 7.29. The van der Waals surface area contributed by atoms with Gasteiger partial charge in [-0.05, 0) is 25.0 Å². The number of nitrogens with zero attached hydrogens (tertiary/aromatic N) is 4. The molecule has 1 spiro atoms. The highest BCUT2D eigenvalue weighted by molar-refractivity contribution is 5.68. The van der Waals surface area contributed by atoms with Gasteiger partial charge in [-0.25, -0.2) is 4.98 Å². The molecule has 26 heavy (non-hydrogen) atoms. The maximum atomic E-state index is 5.84. The van der Waals surface area contributed by atoms with Crippen molar-refractivity contribution in [2.45, 2.75) is 32.0 Å². The van der Waals surface area contributed by atoms with Crippen LogP contribution in [0.3, 0.4) is 0 Å². The summed E-state index contributed by atoms with van der Waals surface area (Å²) in [5, 5.41) is 0. The summed E-state index contributed by atoms with van der Waals surface area (Å²) in [5.41, 5.74) is 3.66. The van der Waals surface area contributed by atoms with Crippen molar-refractivity contribution >= 4 is 17.5 Å². The van der Waals surface area contributed by atoms with E-state index in [4.69, 9.17) is 19.4 Å². The molecule has 0 bridgehead atoms. The Labute approximate surface area is 153 Å². The van der Waals surface area contributed by atoms with Gasteiger partial charge in [-0.3, -0.25) is 0 Å². The van der Waals surface area contributed by atoms with E-state index in [-0.39, 0.29) is 5.79 Å². The predicted molar refractivity (Wildman–Crippen MR) is 100 cm³/mol. The zero-order valence-corrected chi connectivity index (χ0v) is 15.1. The summed E-state index contributed by atoms with van der Waals surface area (Å²) in [5.74, 6) is 1.44. The lowest BCUT2D eigenvalue weighted by Crippen LogP contribution is -2.45. The van der Waals surface area contributed by atoms with Crippen LogP contribution in [0.15, 0.2) is 30.3 Å². The predicted octanol–water partition coefficient (Wildman–Crippen LogP) is 2.82. The maximum absolute atomic E-state index is 5.84. The molecule has 0 unspecified atom stereocenters. The molecule has 1 aromatic carbocycles. The van der Waals surface area contributed by atoms with E-state index in [9.17, 15) is 0 Å². The first kappa shape index (κ1) is 16.0. The number of aryl methyl sites for hydroxylation is 1. The van der Waals surface area contributed by atoms with Crippen LogP contribution in [0.5, 0.6) is 0 Å². The fraction of sp³-hybridized carbons (Fsp3) is 0.500. The quantitative estimate of drug-likeness (QED) is 0.828. The van der Waals surface area contributed by atoms with Gasteiger partial charge in [0.25, 0.3) is 0 Å². The first-order valence-corrected chi connectivity index (χ1v) is 9.46. The normalized spacial score (nSPS) is 21.4. The van der Waals surface area contributed by atoms with Crippen molar-refractivity contribution in [1.82, 2.24) is 9.97 Å². The smallest absolute Gasteiger partial charge is 0.227 e. The minimum Gasteiger partial charge on any atom is -0.347 e. The molecule has 0 amide bonds. The summed E-state index contributed by atoms with van der Waals surface area (Å²) in [6, 6.07) is 10.7. The van der Waals surface area contributed by atoms with Gasteiger partial charge in [0.2, 0.25) is 5.95 Å². The molecule has 3 aliphatic rings. The number of hydrogen-bond acceptors (Lipinski definition) is 6. The summed E-state index contributed by atoms with van der Waals surface area (Å²) >= 11 is 0. The molecule has 2 fully saturated rings. The van der Waals surface area contributed by atoms with Crippen LogP contribution in [0.2, 0.25) is 0 Å². The average molecular weight is 352 g/mol. The lowest BCUT2D eigenvalue weighted by atomic mass is 10.0. The molecule has 0 aliphatic carbocycles. The zero-order chi connectivity index (χ0) is 17.6. The molecule has 4 heterocycles. The third-order valence-electron chi connectivity index (χ3n) is 5.61. The fourth-order valence-electron chi connectivity index (χ4n) is 4.23. The standard InChI is InChI=1S/C20H24N4O2/c1-15-14-18(24-9-6-16-4-2-3-5-17(16)24)22-19(21-15)23-10-7-20(8-11-23)25-12-13-26-20/h2-5,14H,6-13H2,1H3. The summed E-state index contributed by atoms with van der Waals surface area (Å²) in [4.78, 5) is 14.2. The van der Waals surface area contributed by atoms with E-state index < -0.39 is 0 Å². The van der Waals surface area contributed by atoms with Crippen LogP contribution >= 0.6 is 0 Å². The van der Waals surface area contributed by atoms with Crippen LogP contribution in [0.25, 0.3) is 0 Å². The first-order valence-electron chi connectivity index (χ1n) is 9.46. The first-order chi connectivity index (χ1) is 12.7. The Kier molecular flexibility index (Phi) is 3.83. The van der Waals surface area contributed by atoms with E-state index >= 15 is 0 Å². The largest absolute Gasteiger partial charge is 0.347 e. The third-order valence-corrected chi connectivity index (χ3v) is 5.61. The number of benzene rings is 1. The molecule has 2 aromatic rings. The molecule has 3 aliphatic heterocycles. The van der Waals surface area contributed by atoms with Crippen LogP contribution in [-0.4, -0.2) is 48.6 Å². The molecular weight excluding hydrogens is 328 g/mol. The van der Waals surface area contributed by atoms with Crippen LogP contribution in [0.1, 0.15) is 24.1 Å².